The van der Waals surface area contributed by atoms with Crippen molar-refractivity contribution in [2.24, 2.45) is 0 Å². The first kappa shape index (κ1) is 20.4. The van der Waals surface area contributed by atoms with Gasteiger partial charge in [0.05, 0.1) is 11.8 Å². The number of Topliss-reactive ketones (excluding diaryl/α,β-unsaturated/α-hetero) is 1. The number of anilines is 2. The fourth-order valence-electron chi connectivity index (χ4n) is 2.34. The summed E-state index contributed by atoms with van der Waals surface area (Å²) in [5.41, 5.74) is 1.86. The Morgan fingerprint density at radius 2 is 1.67 bits per heavy atom. The molecule has 0 saturated heterocycles. The van der Waals surface area contributed by atoms with Crippen LogP contribution in [0, 0.1) is 0 Å². The molecule has 7 nitrogen and oxygen atoms in total. The smallest absolute Gasteiger partial charge is 0.338 e. The third-order valence-corrected chi connectivity index (χ3v) is 4.33. The quantitative estimate of drug-likeness (QED) is 0.577. The molecule has 2 rings (SSSR count). The maximum absolute atomic E-state index is 12.5. The van der Waals surface area contributed by atoms with Gasteiger partial charge in [-0.2, -0.15) is 0 Å². The third-order valence-electron chi connectivity index (χ3n) is 3.72. The second kappa shape index (κ2) is 8.22. The molecular weight excluding hydrogens is 368 g/mol. The summed E-state index contributed by atoms with van der Waals surface area (Å²) < 4.78 is 30.0. The van der Waals surface area contributed by atoms with Crippen molar-refractivity contribution in [3.63, 3.8) is 0 Å². The molecule has 0 aliphatic carbocycles. The van der Waals surface area contributed by atoms with Crippen LogP contribution in [0.5, 0.6) is 0 Å². The SMILES string of the molecule is CC(OC(=O)c1cccc(N(C)C)c1)C(=O)c1ccc(NS(C)(=O)=O)cc1. The van der Waals surface area contributed by atoms with Gasteiger partial charge in [0.15, 0.2) is 6.10 Å². The van der Waals surface area contributed by atoms with E-state index in [4.69, 9.17) is 4.74 Å². The van der Waals surface area contributed by atoms with E-state index in [0.29, 0.717) is 16.8 Å². The molecule has 2 aromatic carbocycles. The average Bonchev–Trinajstić information content (AvgIpc) is 2.60. The Balaban J connectivity index is 2.06. The maximum atomic E-state index is 12.5. The van der Waals surface area contributed by atoms with Crippen LogP contribution in [-0.2, 0) is 14.8 Å². The van der Waals surface area contributed by atoms with Crippen molar-refractivity contribution in [3.05, 3.63) is 59.7 Å². The van der Waals surface area contributed by atoms with Crippen molar-refractivity contribution in [2.75, 3.05) is 30.0 Å². The Kier molecular flexibility index (Phi) is 6.22. The van der Waals surface area contributed by atoms with Gasteiger partial charge in [0.1, 0.15) is 0 Å². The van der Waals surface area contributed by atoms with E-state index in [1.807, 2.05) is 25.1 Å². The number of hydrogen-bond donors (Lipinski definition) is 1. The van der Waals surface area contributed by atoms with Crippen molar-refractivity contribution in [1.82, 2.24) is 0 Å². The lowest BCUT2D eigenvalue weighted by Gasteiger charge is -2.15. The third kappa shape index (κ3) is 5.82. The average molecular weight is 390 g/mol. The van der Waals surface area contributed by atoms with Gasteiger partial charge in [-0.05, 0) is 49.4 Å². The highest BCUT2D eigenvalue weighted by atomic mass is 32.2. The number of nitrogens with zero attached hydrogens (tertiary/aromatic N) is 1. The summed E-state index contributed by atoms with van der Waals surface area (Å²) in [4.78, 5) is 26.6. The first-order valence-corrected chi connectivity index (χ1v) is 10.1. The summed E-state index contributed by atoms with van der Waals surface area (Å²) in [7, 11) is 0.329. The molecule has 0 aliphatic rings. The number of hydrogen-bond acceptors (Lipinski definition) is 6. The molecule has 0 heterocycles. The van der Waals surface area contributed by atoms with E-state index >= 15 is 0 Å². The number of carbonyl (C=O) groups is 2. The largest absolute Gasteiger partial charge is 0.451 e. The standard InChI is InChI=1S/C19H22N2O5S/c1-13(26-19(23)15-6-5-7-17(12-15)21(2)3)18(22)14-8-10-16(11-9-14)20-27(4,24)25/h5-13,20H,1-4H3. The van der Waals surface area contributed by atoms with Crippen LogP contribution in [-0.4, -0.2) is 46.6 Å². The summed E-state index contributed by atoms with van der Waals surface area (Å²) in [5, 5.41) is 0. The van der Waals surface area contributed by atoms with Crippen LogP contribution in [0.3, 0.4) is 0 Å². The van der Waals surface area contributed by atoms with E-state index in [0.717, 1.165) is 11.9 Å². The molecule has 1 atom stereocenters. The second-order valence-corrected chi connectivity index (χ2v) is 8.06. The van der Waals surface area contributed by atoms with Gasteiger partial charge in [0.2, 0.25) is 15.8 Å². The second-order valence-electron chi connectivity index (χ2n) is 6.31. The van der Waals surface area contributed by atoms with Crippen LogP contribution in [0.4, 0.5) is 11.4 Å². The first-order valence-electron chi connectivity index (χ1n) is 8.17. The zero-order valence-electron chi connectivity index (χ0n) is 15.6. The molecule has 1 unspecified atom stereocenters. The van der Waals surface area contributed by atoms with E-state index in [9.17, 15) is 18.0 Å². The van der Waals surface area contributed by atoms with Gasteiger partial charge in [-0.3, -0.25) is 9.52 Å². The van der Waals surface area contributed by atoms with E-state index in [1.165, 1.54) is 31.2 Å². The Morgan fingerprint density at radius 1 is 1.04 bits per heavy atom. The molecule has 1 N–H and O–H groups in total. The summed E-state index contributed by atoms with van der Waals surface area (Å²) >= 11 is 0. The van der Waals surface area contributed by atoms with Gasteiger partial charge in [0, 0.05) is 31.0 Å². The highest BCUT2D eigenvalue weighted by Gasteiger charge is 2.21. The molecule has 27 heavy (non-hydrogen) atoms. The van der Waals surface area contributed by atoms with E-state index < -0.39 is 22.1 Å². The zero-order chi connectivity index (χ0) is 20.2. The molecule has 0 spiro atoms. The van der Waals surface area contributed by atoms with Gasteiger partial charge in [-0.1, -0.05) is 6.07 Å². The molecule has 0 amide bonds. The molecule has 2 aromatic rings. The molecule has 0 aromatic heterocycles. The van der Waals surface area contributed by atoms with Crippen molar-refractivity contribution in [3.8, 4) is 0 Å². The lowest BCUT2D eigenvalue weighted by Crippen LogP contribution is -2.24. The number of sulfonamides is 1. The maximum Gasteiger partial charge on any atom is 0.338 e. The van der Waals surface area contributed by atoms with Crippen LogP contribution in [0.25, 0.3) is 0 Å². The van der Waals surface area contributed by atoms with Gasteiger partial charge < -0.3 is 9.64 Å². The number of esters is 1. The van der Waals surface area contributed by atoms with Crippen molar-refractivity contribution >= 4 is 33.2 Å². The van der Waals surface area contributed by atoms with Crippen LogP contribution >= 0.6 is 0 Å². The number of ether oxygens (including phenoxy) is 1. The minimum Gasteiger partial charge on any atom is -0.451 e. The van der Waals surface area contributed by atoms with Gasteiger partial charge in [-0.25, -0.2) is 13.2 Å². The highest BCUT2D eigenvalue weighted by molar-refractivity contribution is 7.92. The summed E-state index contributed by atoms with van der Waals surface area (Å²) in [6.07, 6.45) is 0.0630. The minimum absolute atomic E-state index is 0.316. The Hall–Kier alpha value is -2.87. The molecular formula is C19H22N2O5S. The molecule has 0 aliphatic heterocycles. The topological polar surface area (TPSA) is 92.8 Å². The van der Waals surface area contributed by atoms with Gasteiger partial charge in [-0.15, -0.1) is 0 Å². The Morgan fingerprint density at radius 3 is 2.22 bits per heavy atom. The predicted molar refractivity (Wildman–Crippen MR) is 105 cm³/mol. The highest BCUT2D eigenvalue weighted by Crippen LogP contribution is 2.17. The minimum atomic E-state index is -3.39. The van der Waals surface area contributed by atoms with Crippen molar-refractivity contribution in [2.45, 2.75) is 13.0 Å². The van der Waals surface area contributed by atoms with Crippen LogP contribution in [0.1, 0.15) is 27.6 Å². The molecule has 8 heteroatoms. The summed E-state index contributed by atoms with van der Waals surface area (Å²) in [6, 6.07) is 12.8. The fourth-order valence-corrected chi connectivity index (χ4v) is 2.91. The van der Waals surface area contributed by atoms with E-state index in [2.05, 4.69) is 4.72 Å². The van der Waals surface area contributed by atoms with E-state index in [-0.39, 0.29) is 5.78 Å². The number of rotatable bonds is 7. The van der Waals surface area contributed by atoms with Crippen molar-refractivity contribution in [1.29, 1.82) is 0 Å². The molecule has 0 bridgehead atoms. The molecule has 0 saturated carbocycles. The Labute approximate surface area is 159 Å². The van der Waals surface area contributed by atoms with E-state index in [1.54, 1.807) is 18.2 Å². The molecule has 0 fully saturated rings. The Bertz CT molecular complexity index is 937. The first-order chi connectivity index (χ1) is 12.6. The summed E-state index contributed by atoms with van der Waals surface area (Å²) in [5.74, 6) is -0.965. The van der Waals surface area contributed by atoms with Crippen molar-refractivity contribution < 1.29 is 22.7 Å². The normalized spacial score (nSPS) is 12.1. The monoisotopic (exact) mass is 390 g/mol. The van der Waals surface area contributed by atoms with Gasteiger partial charge in [0.25, 0.3) is 0 Å². The fraction of sp³-hybridized carbons (Fsp3) is 0.263. The zero-order valence-corrected chi connectivity index (χ0v) is 16.4. The summed E-state index contributed by atoms with van der Waals surface area (Å²) in [6.45, 7) is 1.50. The number of nitrogens with one attached hydrogen (secondary N) is 1. The van der Waals surface area contributed by atoms with Crippen LogP contribution in [0.2, 0.25) is 0 Å². The van der Waals surface area contributed by atoms with Crippen LogP contribution in [0.15, 0.2) is 48.5 Å². The lowest BCUT2D eigenvalue weighted by molar-refractivity contribution is 0.0319. The predicted octanol–water partition coefficient (Wildman–Crippen LogP) is 2.55. The van der Waals surface area contributed by atoms with Gasteiger partial charge >= 0.3 is 5.97 Å². The number of ketones is 1. The van der Waals surface area contributed by atoms with Crippen LogP contribution < -0.4 is 9.62 Å². The molecule has 144 valence electrons. The number of carbonyl (C=O) groups excluding carboxylic acids is 2. The number of benzene rings is 2. The lowest BCUT2D eigenvalue weighted by atomic mass is 10.1. The molecule has 0 radical (unpaired) electrons.